The number of aliphatic carboxylic acids is 1. The minimum Gasteiger partial charge on any atom is -0.481 e. The second-order valence-electron chi connectivity index (χ2n) is 10.8. The van der Waals surface area contributed by atoms with E-state index in [0.717, 1.165) is 5.56 Å². The molecular weight excluding hydrogens is 520 g/mol. The molecule has 11 nitrogen and oxygen atoms in total. The van der Waals surface area contributed by atoms with Gasteiger partial charge in [-0.15, -0.1) is 0 Å². The van der Waals surface area contributed by atoms with Crippen LogP contribution in [0.2, 0.25) is 0 Å². The van der Waals surface area contributed by atoms with Crippen molar-refractivity contribution in [3.05, 3.63) is 40.4 Å². The van der Waals surface area contributed by atoms with E-state index < -0.39 is 30.5 Å². The minimum atomic E-state index is -1.27. The topological polar surface area (TPSA) is 165 Å². The number of hydrogen-bond donors (Lipinski definition) is 3. The summed E-state index contributed by atoms with van der Waals surface area (Å²) in [5.74, 6) is -2.66. The van der Waals surface area contributed by atoms with E-state index in [4.69, 9.17) is 19.2 Å². The van der Waals surface area contributed by atoms with Gasteiger partial charge in [0.1, 0.15) is 24.3 Å². The molecule has 0 saturated heterocycles. The fraction of sp³-hybridized carbons (Fsp3) is 0.621. The largest absolute Gasteiger partial charge is 0.481 e. The molecule has 0 aliphatic heterocycles. The van der Waals surface area contributed by atoms with Crippen molar-refractivity contribution in [1.82, 2.24) is 10.6 Å². The molecule has 6 unspecified atom stereocenters. The molecule has 11 heteroatoms. The Bertz CT molecular complexity index is 1150. The number of carbonyl (C=O) groups excluding carboxylic acids is 3. The molecule has 40 heavy (non-hydrogen) atoms. The predicted octanol–water partition coefficient (Wildman–Crippen LogP) is 3.51. The summed E-state index contributed by atoms with van der Waals surface area (Å²) in [6.45, 7) is 9.31. The number of carboxylic acids is 1. The summed E-state index contributed by atoms with van der Waals surface area (Å²) in [5, 5.41) is 22.7. The van der Waals surface area contributed by atoms with E-state index in [-0.39, 0.29) is 54.7 Å². The second-order valence-corrected chi connectivity index (χ2v) is 10.8. The Labute approximate surface area is 233 Å². The normalized spacial score (nSPS) is 23.9. The molecule has 0 amide bonds. The maximum atomic E-state index is 13.1. The molecule has 1 heterocycles. The average Bonchev–Trinajstić information content (AvgIpc) is 3.21. The number of Topliss-reactive ketones (excluding diaryl/α,β-unsaturated/α-hetero) is 1. The molecule has 2 aliphatic rings. The van der Waals surface area contributed by atoms with Crippen molar-refractivity contribution in [3.63, 3.8) is 0 Å². The molecule has 0 spiro atoms. The molecule has 1 aromatic rings. The number of fused-ring (bicyclic) bond motifs is 1. The quantitative estimate of drug-likeness (QED) is 0.225. The monoisotopic (exact) mass is 560 g/mol. The number of carboxylic acid groups (broad SMARTS) is 1. The number of allylic oxidation sites excluding steroid dienone is 2. The van der Waals surface area contributed by atoms with Crippen molar-refractivity contribution in [2.45, 2.75) is 92.0 Å². The molecule has 2 aliphatic carbocycles. The second kappa shape index (κ2) is 13.8. The maximum absolute atomic E-state index is 13.1. The number of aromatic nitrogens is 1. The Balaban J connectivity index is 1.81. The van der Waals surface area contributed by atoms with Gasteiger partial charge in [-0.3, -0.25) is 29.5 Å². The highest BCUT2D eigenvalue weighted by molar-refractivity contribution is 5.94. The Hall–Kier alpha value is -3.31. The summed E-state index contributed by atoms with van der Waals surface area (Å²) in [4.78, 5) is 55.1. The number of hydroxylamine groups is 1. The van der Waals surface area contributed by atoms with Crippen molar-refractivity contribution in [2.75, 3.05) is 0 Å². The lowest BCUT2D eigenvalue weighted by Gasteiger charge is -2.43. The van der Waals surface area contributed by atoms with E-state index in [0.29, 0.717) is 42.0 Å². The van der Waals surface area contributed by atoms with Gasteiger partial charge in [-0.1, -0.05) is 32.0 Å². The molecule has 0 radical (unpaired) electrons. The smallest absolute Gasteiger partial charge is 0.308 e. The average molecular weight is 561 g/mol. The summed E-state index contributed by atoms with van der Waals surface area (Å²) in [7, 11) is 0. The number of hydrogen-bond acceptors (Lipinski definition) is 10. The molecule has 3 N–H and O–H groups in total. The van der Waals surface area contributed by atoms with Crippen LogP contribution in [0, 0.1) is 37.5 Å². The maximum Gasteiger partial charge on any atom is 0.308 e. The van der Waals surface area contributed by atoms with E-state index in [1.807, 2.05) is 19.9 Å². The summed E-state index contributed by atoms with van der Waals surface area (Å²) in [6, 6.07) is 0. The first kappa shape index (κ1) is 31.2. The highest BCUT2D eigenvalue weighted by atomic mass is 16.6. The van der Waals surface area contributed by atoms with Gasteiger partial charge in [0.15, 0.2) is 5.78 Å². The molecule has 0 saturated carbocycles. The highest BCUT2D eigenvalue weighted by Gasteiger charge is 2.45. The summed E-state index contributed by atoms with van der Waals surface area (Å²) < 4.78 is 11.2. The van der Waals surface area contributed by atoms with Gasteiger partial charge in [0, 0.05) is 36.7 Å². The Kier molecular flexibility index (Phi) is 10.8. The zero-order valence-electron chi connectivity index (χ0n) is 23.8. The zero-order valence-corrected chi connectivity index (χ0v) is 23.8. The van der Waals surface area contributed by atoms with Gasteiger partial charge in [-0.2, -0.15) is 0 Å². The Morgan fingerprint density at radius 1 is 1.25 bits per heavy atom. The lowest BCUT2D eigenvalue weighted by molar-refractivity contribution is -0.157. The summed E-state index contributed by atoms with van der Waals surface area (Å²) >= 11 is 0. The van der Waals surface area contributed by atoms with Crippen LogP contribution >= 0.6 is 0 Å². The van der Waals surface area contributed by atoms with Gasteiger partial charge in [0.2, 0.25) is 0 Å². The van der Waals surface area contributed by atoms with Crippen molar-refractivity contribution in [3.8, 4) is 0 Å². The third kappa shape index (κ3) is 7.66. The van der Waals surface area contributed by atoms with E-state index in [1.54, 1.807) is 26.8 Å². The van der Waals surface area contributed by atoms with Crippen LogP contribution in [0.25, 0.3) is 0 Å². The number of nitrogens with one attached hydrogen (secondary N) is 1. The van der Waals surface area contributed by atoms with E-state index in [2.05, 4.69) is 10.6 Å². The van der Waals surface area contributed by atoms with Gasteiger partial charge in [-0.05, 0) is 44.3 Å². The summed E-state index contributed by atoms with van der Waals surface area (Å²) in [6.07, 6.45) is 2.22. The van der Waals surface area contributed by atoms with Crippen LogP contribution in [0.15, 0.2) is 27.9 Å². The number of ether oxygens (including phenoxy) is 1. The fourth-order valence-corrected chi connectivity index (χ4v) is 5.31. The first-order chi connectivity index (χ1) is 18.9. The third-order valence-corrected chi connectivity index (χ3v) is 7.97. The molecule has 0 bridgehead atoms. The van der Waals surface area contributed by atoms with Gasteiger partial charge in [-0.25, -0.2) is 0 Å². The van der Waals surface area contributed by atoms with E-state index >= 15 is 0 Å². The summed E-state index contributed by atoms with van der Waals surface area (Å²) in [5.41, 5.74) is 5.73. The first-order valence-electron chi connectivity index (χ1n) is 13.8. The molecule has 1 aromatic heterocycles. The van der Waals surface area contributed by atoms with Gasteiger partial charge in [0.25, 0.3) is 0 Å². The molecule has 220 valence electrons. The Morgan fingerprint density at radius 2 is 1.98 bits per heavy atom. The highest BCUT2D eigenvalue weighted by Crippen LogP contribution is 2.45. The Morgan fingerprint density at radius 3 is 2.60 bits per heavy atom. The van der Waals surface area contributed by atoms with Gasteiger partial charge in [0.05, 0.1) is 29.8 Å². The van der Waals surface area contributed by atoms with E-state index in [1.165, 1.54) is 0 Å². The molecule has 0 fully saturated rings. The standard InChI is InChI=1S/C29H40N2O9/c1-6-15(2)29(37)39-26-10-9-24(31-38-14-23-17(4)30-40-18(23)5)22-13-25(34)16(3)21(28(22)26)8-7-19(32)11-20(33)12-27(35)36/h9,13,15-16,20-21,26,28,31,33H,6-8,10-12,14H2,1-5H3,(H,35,36). The number of nitrogens with zero attached hydrogens (tertiary/aromatic N) is 1. The fourth-order valence-electron chi connectivity index (χ4n) is 5.31. The first-order valence-corrected chi connectivity index (χ1v) is 13.8. The van der Waals surface area contributed by atoms with Crippen LogP contribution < -0.4 is 5.48 Å². The number of carbonyl (C=O) groups is 4. The molecule has 6 atom stereocenters. The number of rotatable bonds is 14. The number of aryl methyl sites for hydroxylation is 2. The lowest BCUT2D eigenvalue weighted by Crippen LogP contribution is -2.45. The zero-order chi connectivity index (χ0) is 29.6. The number of aliphatic hydroxyl groups is 1. The SMILES string of the molecule is CCC(C)C(=O)OC1CC=C(NOCc2c(C)noc2C)C2=CC(=O)C(C)C(CCC(=O)CC(O)CC(=O)O)C21. The van der Waals surface area contributed by atoms with Crippen molar-refractivity contribution in [1.29, 1.82) is 0 Å². The third-order valence-electron chi connectivity index (χ3n) is 7.97. The number of esters is 1. The van der Waals surface area contributed by atoms with Crippen LogP contribution in [0.4, 0.5) is 0 Å². The number of aliphatic hydroxyl groups excluding tert-OH is 1. The number of ketones is 2. The van der Waals surface area contributed by atoms with Crippen LogP contribution in [-0.4, -0.2) is 51.1 Å². The van der Waals surface area contributed by atoms with Crippen LogP contribution in [-0.2, 0) is 35.4 Å². The van der Waals surface area contributed by atoms with Crippen LogP contribution in [0.1, 0.15) is 76.3 Å². The molecule has 0 aromatic carbocycles. The molecule has 3 rings (SSSR count). The van der Waals surface area contributed by atoms with Crippen LogP contribution in [0.5, 0.6) is 0 Å². The van der Waals surface area contributed by atoms with Gasteiger partial charge >= 0.3 is 11.9 Å². The lowest BCUT2D eigenvalue weighted by atomic mass is 9.65. The van der Waals surface area contributed by atoms with Crippen molar-refractivity contribution < 1.29 is 43.5 Å². The van der Waals surface area contributed by atoms with Gasteiger partial charge < -0.3 is 19.5 Å². The van der Waals surface area contributed by atoms with Crippen LogP contribution in [0.3, 0.4) is 0 Å². The van der Waals surface area contributed by atoms with Crippen molar-refractivity contribution >= 4 is 23.5 Å². The van der Waals surface area contributed by atoms with Crippen molar-refractivity contribution in [2.24, 2.45) is 23.7 Å². The predicted molar refractivity (Wildman–Crippen MR) is 142 cm³/mol. The van der Waals surface area contributed by atoms with E-state index in [9.17, 15) is 24.3 Å². The molecular formula is C29H40N2O9. The minimum absolute atomic E-state index is 0.0593.